The Morgan fingerprint density at radius 3 is 0.905 bits per heavy atom. The number of nitriles is 2. The predicted octanol–water partition coefficient (Wildman–Crippen LogP) is 26.3. The van der Waals surface area contributed by atoms with Crippen molar-refractivity contribution in [2.45, 2.75) is 10.8 Å². The lowest BCUT2D eigenvalue weighted by Crippen LogP contribution is -2.32. The fourth-order valence-electron chi connectivity index (χ4n) is 18.1. The maximum absolute atomic E-state index is 9.51. The summed E-state index contributed by atoms with van der Waals surface area (Å²) in [5.74, 6) is 4.70. The van der Waals surface area contributed by atoms with Crippen LogP contribution in [0.15, 0.2) is 400 Å². The molecular formula is C108H66N6O2. The Hall–Kier alpha value is -15.7. The second-order valence-corrected chi connectivity index (χ2v) is 29.5. The highest BCUT2D eigenvalue weighted by Gasteiger charge is 2.54. The molecule has 0 saturated heterocycles. The van der Waals surface area contributed by atoms with Crippen LogP contribution in [0.25, 0.3) is 135 Å². The summed E-state index contributed by atoms with van der Waals surface area (Å²) < 4.78 is 13.9. The van der Waals surface area contributed by atoms with Gasteiger partial charge in [-0.25, -0.2) is 19.9 Å². The summed E-state index contributed by atoms with van der Waals surface area (Å²) in [5.41, 5.74) is 32.0. The van der Waals surface area contributed by atoms with Gasteiger partial charge >= 0.3 is 0 Å². The number of rotatable bonds is 10. The van der Waals surface area contributed by atoms with Gasteiger partial charge in [0.1, 0.15) is 23.0 Å². The minimum Gasteiger partial charge on any atom is -0.456 e. The van der Waals surface area contributed by atoms with Crippen molar-refractivity contribution in [1.29, 1.82) is 10.5 Å². The Labute approximate surface area is 672 Å². The van der Waals surface area contributed by atoms with Gasteiger partial charge in [0.25, 0.3) is 0 Å². The van der Waals surface area contributed by atoms with E-state index >= 15 is 0 Å². The maximum atomic E-state index is 9.51. The third kappa shape index (κ3) is 11.2. The molecule has 22 rings (SSSR count). The number of ether oxygens (including phenoxy) is 2. The van der Waals surface area contributed by atoms with Gasteiger partial charge < -0.3 is 9.47 Å². The van der Waals surface area contributed by atoms with Crippen molar-refractivity contribution in [2.24, 2.45) is 0 Å². The van der Waals surface area contributed by atoms with Gasteiger partial charge in [-0.15, -0.1) is 0 Å². The first-order valence-corrected chi connectivity index (χ1v) is 38.9. The van der Waals surface area contributed by atoms with Crippen LogP contribution in [0.4, 0.5) is 0 Å². The first-order valence-electron chi connectivity index (χ1n) is 38.9. The first kappa shape index (κ1) is 68.3. The van der Waals surface area contributed by atoms with Gasteiger partial charge in [0.15, 0.2) is 11.6 Å². The zero-order valence-electron chi connectivity index (χ0n) is 62.6. The Balaban J connectivity index is 0.000000145. The molecule has 8 nitrogen and oxygen atoms in total. The fraction of sp³-hybridized carbons (Fsp3) is 0.0185. The molecule has 8 heteroatoms. The second kappa shape index (κ2) is 28.2. The molecule has 2 unspecified atom stereocenters. The molecule has 0 bridgehead atoms. The molecular weight excluding hydrogens is 1410 g/mol. The van der Waals surface area contributed by atoms with Crippen molar-refractivity contribution in [3.8, 4) is 170 Å². The number of hydrogen-bond acceptors (Lipinski definition) is 8. The minimum absolute atomic E-state index is 0.626. The zero-order chi connectivity index (χ0) is 77.3. The Morgan fingerprint density at radius 1 is 0.207 bits per heavy atom. The summed E-state index contributed by atoms with van der Waals surface area (Å²) in [6, 6.07) is 144. The third-order valence-corrected chi connectivity index (χ3v) is 23.3. The summed E-state index contributed by atoms with van der Waals surface area (Å²) in [4.78, 5) is 20.8. The Kier molecular flexibility index (Phi) is 16.6. The second-order valence-electron chi connectivity index (χ2n) is 29.5. The highest BCUT2D eigenvalue weighted by Crippen LogP contribution is 2.67. The van der Waals surface area contributed by atoms with Gasteiger partial charge in [0, 0.05) is 66.8 Å². The van der Waals surface area contributed by atoms with Gasteiger partial charge in [0.05, 0.1) is 56.9 Å². The van der Waals surface area contributed by atoms with E-state index in [9.17, 15) is 10.5 Å². The largest absolute Gasteiger partial charge is 0.456 e. The molecule has 2 spiro atoms. The van der Waals surface area contributed by atoms with Gasteiger partial charge in [0.2, 0.25) is 0 Å². The SMILES string of the molecule is N#Cc1ccc(-c2ccc(-c3cccc4c3Oc3ccccc3C43c4ccccc4-c4c(-c5nc(-c6ccccc6)cc(-c6ccccc6)n5)cccc43)cc2)cc1.N#Cc1ccc(-c2cccc3c2Oc2ccccc2C32c3ccccc3-c3c(-c4ccc(-c5nc(-c6ccccc6)cc(-c6ccccc6)n5)cc4)cccc32)cc1. The van der Waals surface area contributed by atoms with Crippen LogP contribution < -0.4 is 9.47 Å². The molecule has 0 saturated carbocycles. The molecule has 4 aliphatic rings. The van der Waals surface area contributed by atoms with Gasteiger partial charge in [-0.3, -0.25) is 0 Å². The van der Waals surface area contributed by atoms with Crippen molar-refractivity contribution in [2.75, 3.05) is 0 Å². The minimum atomic E-state index is -0.677. The monoisotopic (exact) mass is 1480 g/mol. The molecule has 540 valence electrons. The smallest absolute Gasteiger partial charge is 0.161 e. The lowest BCUT2D eigenvalue weighted by atomic mass is 9.65. The van der Waals surface area contributed by atoms with Crippen LogP contribution in [0.1, 0.15) is 55.6 Å². The Bertz CT molecular complexity index is 6890. The van der Waals surface area contributed by atoms with Crippen LogP contribution >= 0.6 is 0 Å². The molecule has 16 aromatic carbocycles. The van der Waals surface area contributed by atoms with E-state index in [4.69, 9.17) is 29.4 Å². The van der Waals surface area contributed by atoms with Crippen molar-refractivity contribution in [1.82, 2.24) is 19.9 Å². The first-order chi connectivity index (χ1) is 57.4. The van der Waals surface area contributed by atoms with E-state index in [0.717, 1.165) is 157 Å². The van der Waals surface area contributed by atoms with Gasteiger partial charge in [-0.1, -0.05) is 352 Å². The number of fused-ring (bicyclic) bond motifs is 18. The number of benzene rings is 16. The normalized spacial score (nSPS) is 14.4. The predicted molar refractivity (Wildman–Crippen MR) is 463 cm³/mol. The number of aromatic nitrogens is 4. The van der Waals surface area contributed by atoms with Gasteiger partial charge in [-0.05, 0) is 126 Å². The van der Waals surface area contributed by atoms with Crippen LogP contribution in [0.2, 0.25) is 0 Å². The van der Waals surface area contributed by atoms with Crippen LogP contribution in [0.3, 0.4) is 0 Å². The van der Waals surface area contributed by atoms with E-state index in [1.165, 1.54) is 33.4 Å². The van der Waals surface area contributed by atoms with E-state index in [-0.39, 0.29) is 0 Å². The summed E-state index contributed by atoms with van der Waals surface area (Å²) in [7, 11) is 0. The zero-order valence-corrected chi connectivity index (χ0v) is 62.6. The van der Waals surface area contributed by atoms with Crippen molar-refractivity contribution >= 4 is 0 Å². The molecule has 0 N–H and O–H groups in total. The molecule has 2 aliphatic heterocycles. The molecule has 4 heterocycles. The Morgan fingerprint density at radius 2 is 0.491 bits per heavy atom. The number of para-hydroxylation sites is 4. The molecule has 2 aromatic heterocycles. The summed E-state index contributed by atoms with van der Waals surface area (Å²) in [6.45, 7) is 0. The van der Waals surface area contributed by atoms with E-state index in [1.54, 1.807) is 0 Å². The molecule has 0 amide bonds. The average molecular weight is 1480 g/mol. The quantitative estimate of drug-likeness (QED) is 0.133. The fourth-order valence-corrected chi connectivity index (χ4v) is 18.1. The molecule has 2 aliphatic carbocycles. The van der Waals surface area contributed by atoms with E-state index < -0.39 is 10.8 Å². The summed E-state index contributed by atoms with van der Waals surface area (Å²) in [6.07, 6.45) is 0. The third-order valence-electron chi connectivity index (χ3n) is 23.3. The number of hydrogen-bond donors (Lipinski definition) is 0. The standard InChI is InChI=1S/2C54H33N3O/c55-34-35-25-27-36(28-26-35)37-29-31-38(32-30-37)41-18-11-23-47-52(41)58-50-24-10-9-21-45(50)54(47)44-20-8-7-17-42(44)51-43(19-12-22-46(51)54)53-56-48(39-13-3-1-4-14-39)33-49(57-53)40-15-5-2-6-16-40;55-34-35-25-27-37(28-26-35)42-19-12-23-47-52(42)58-50-24-10-9-21-45(50)54(47)44-20-8-7-17-43(44)51-41(18-11-22-46(51)54)36-29-31-40(32-30-36)53-56-48(38-13-3-1-4-14-38)33-49(57-53)39-15-5-2-6-16-39/h2*1-33H. The van der Waals surface area contributed by atoms with Crippen LogP contribution in [-0.2, 0) is 10.8 Å². The van der Waals surface area contributed by atoms with Gasteiger partial charge in [-0.2, -0.15) is 10.5 Å². The van der Waals surface area contributed by atoms with Crippen LogP contribution in [0.5, 0.6) is 23.0 Å². The van der Waals surface area contributed by atoms with Crippen molar-refractivity contribution < 1.29 is 9.47 Å². The topological polar surface area (TPSA) is 118 Å². The molecule has 2 atom stereocenters. The summed E-state index contributed by atoms with van der Waals surface area (Å²) >= 11 is 0. The molecule has 18 aromatic rings. The molecule has 116 heavy (non-hydrogen) atoms. The highest BCUT2D eigenvalue weighted by atomic mass is 16.5. The van der Waals surface area contributed by atoms with Crippen molar-refractivity contribution in [3.05, 3.63) is 456 Å². The van der Waals surface area contributed by atoms with Crippen molar-refractivity contribution in [3.63, 3.8) is 0 Å². The summed E-state index contributed by atoms with van der Waals surface area (Å²) in [5, 5.41) is 18.8. The lowest BCUT2D eigenvalue weighted by Gasteiger charge is -2.40. The highest BCUT2D eigenvalue weighted by molar-refractivity contribution is 6.00. The lowest BCUT2D eigenvalue weighted by molar-refractivity contribution is 0.438. The van der Waals surface area contributed by atoms with E-state index in [0.29, 0.717) is 22.8 Å². The molecule has 0 radical (unpaired) electrons. The molecule has 0 fully saturated rings. The number of nitrogens with zero attached hydrogens (tertiary/aromatic N) is 6. The maximum Gasteiger partial charge on any atom is 0.161 e. The van der Waals surface area contributed by atoms with E-state index in [1.807, 2.05) is 103 Å². The van der Waals surface area contributed by atoms with Crippen LogP contribution in [-0.4, -0.2) is 19.9 Å². The average Bonchev–Trinajstić information content (AvgIpc) is 1.50. The van der Waals surface area contributed by atoms with Crippen LogP contribution in [0, 0.1) is 22.7 Å². The van der Waals surface area contributed by atoms with E-state index in [2.05, 4.69) is 309 Å².